The van der Waals surface area contributed by atoms with Crippen molar-refractivity contribution in [2.45, 2.75) is 78.1 Å². The van der Waals surface area contributed by atoms with Crippen molar-refractivity contribution in [2.24, 2.45) is 40.7 Å². The average molecular weight is 277 g/mol. The number of nitrogens with two attached hydrogens (primary N) is 1. The SMILES string of the molecule is CCCC(CCN)CC(C)C12CC3CC(CC(C3)C1)C2. The third-order valence-electron chi connectivity index (χ3n) is 7.09. The first-order valence-electron chi connectivity index (χ1n) is 9.35. The Balaban J connectivity index is 1.65. The second-order valence-electron chi connectivity index (χ2n) is 8.65. The van der Waals surface area contributed by atoms with Gasteiger partial charge in [-0.1, -0.05) is 26.7 Å². The molecular formula is C19H35N. The number of hydrogen-bond donors (Lipinski definition) is 1. The van der Waals surface area contributed by atoms with Crippen LogP contribution in [0.25, 0.3) is 0 Å². The minimum Gasteiger partial charge on any atom is -0.330 e. The minimum absolute atomic E-state index is 0.745. The molecule has 1 nitrogen and oxygen atoms in total. The monoisotopic (exact) mass is 277 g/mol. The van der Waals surface area contributed by atoms with Gasteiger partial charge in [-0.3, -0.25) is 0 Å². The molecule has 0 spiro atoms. The van der Waals surface area contributed by atoms with Crippen LogP contribution in [0.1, 0.15) is 78.1 Å². The Bertz CT molecular complexity index is 280. The molecular weight excluding hydrogens is 242 g/mol. The number of hydrogen-bond acceptors (Lipinski definition) is 1. The van der Waals surface area contributed by atoms with Gasteiger partial charge in [-0.05, 0) is 92.9 Å². The predicted octanol–water partition coefficient (Wildman–Crippen LogP) is 4.99. The van der Waals surface area contributed by atoms with Gasteiger partial charge in [0.05, 0.1) is 0 Å². The normalized spacial score (nSPS) is 41.9. The second kappa shape index (κ2) is 5.99. The van der Waals surface area contributed by atoms with Crippen molar-refractivity contribution in [3.63, 3.8) is 0 Å². The molecule has 4 aliphatic carbocycles. The largest absolute Gasteiger partial charge is 0.330 e. The number of rotatable bonds is 7. The van der Waals surface area contributed by atoms with Gasteiger partial charge in [0.25, 0.3) is 0 Å². The van der Waals surface area contributed by atoms with Crippen LogP contribution >= 0.6 is 0 Å². The van der Waals surface area contributed by atoms with E-state index in [1.165, 1.54) is 25.7 Å². The first-order valence-corrected chi connectivity index (χ1v) is 9.35. The smallest absolute Gasteiger partial charge is 0.00746 e. The summed E-state index contributed by atoms with van der Waals surface area (Å²) in [6.07, 6.45) is 14.9. The summed E-state index contributed by atoms with van der Waals surface area (Å²) < 4.78 is 0. The van der Waals surface area contributed by atoms with Crippen LogP contribution in [0, 0.1) is 35.0 Å². The van der Waals surface area contributed by atoms with E-state index in [0.717, 1.165) is 41.5 Å². The zero-order valence-electron chi connectivity index (χ0n) is 13.7. The summed E-state index contributed by atoms with van der Waals surface area (Å²) in [6, 6.07) is 0. The molecule has 0 radical (unpaired) electrons. The van der Waals surface area contributed by atoms with Crippen LogP contribution in [0.2, 0.25) is 0 Å². The molecule has 0 aliphatic heterocycles. The fourth-order valence-electron chi connectivity index (χ4n) is 6.56. The summed E-state index contributed by atoms with van der Waals surface area (Å²) in [5.74, 6) is 5.14. The zero-order valence-corrected chi connectivity index (χ0v) is 13.7. The van der Waals surface area contributed by atoms with Gasteiger partial charge in [0.1, 0.15) is 0 Å². The summed E-state index contributed by atoms with van der Waals surface area (Å²) in [5, 5.41) is 0. The summed E-state index contributed by atoms with van der Waals surface area (Å²) in [7, 11) is 0. The highest BCUT2D eigenvalue weighted by molar-refractivity contribution is 5.03. The Morgan fingerprint density at radius 2 is 1.55 bits per heavy atom. The average Bonchev–Trinajstić information content (AvgIpc) is 2.37. The van der Waals surface area contributed by atoms with Crippen molar-refractivity contribution in [2.75, 3.05) is 6.54 Å². The maximum absolute atomic E-state index is 5.84. The fraction of sp³-hybridized carbons (Fsp3) is 1.00. The van der Waals surface area contributed by atoms with Gasteiger partial charge < -0.3 is 5.73 Å². The highest BCUT2D eigenvalue weighted by Gasteiger charge is 2.52. The molecule has 0 saturated heterocycles. The Hall–Kier alpha value is -0.0400. The molecule has 4 aliphatic rings. The third kappa shape index (κ3) is 2.80. The van der Waals surface area contributed by atoms with E-state index in [-0.39, 0.29) is 0 Å². The lowest BCUT2D eigenvalue weighted by molar-refractivity contribution is -0.0880. The van der Waals surface area contributed by atoms with Gasteiger partial charge >= 0.3 is 0 Å². The van der Waals surface area contributed by atoms with Crippen LogP contribution in [-0.2, 0) is 0 Å². The molecule has 0 aromatic heterocycles. The van der Waals surface area contributed by atoms with E-state index >= 15 is 0 Å². The molecule has 4 rings (SSSR count). The lowest BCUT2D eigenvalue weighted by Crippen LogP contribution is -2.49. The van der Waals surface area contributed by atoms with Gasteiger partial charge in [-0.2, -0.15) is 0 Å². The third-order valence-corrected chi connectivity index (χ3v) is 7.09. The van der Waals surface area contributed by atoms with Crippen molar-refractivity contribution in [3.05, 3.63) is 0 Å². The van der Waals surface area contributed by atoms with Crippen LogP contribution in [0.5, 0.6) is 0 Å². The zero-order chi connectivity index (χ0) is 14.2. The molecule has 0 amide bonds. The van der Waals surface area contributed by atoms with Crippen molar-refractivity contribution < 1.29 is 0 Å². The Morgan fingerprint density at radius 3 is 2.00 bits per heavy atom. The van der Waals surface area contributed by atoms with E-state index in [2.05, 4.69) is 13.8 Å². The molecule has 2 N–H and O–H groups in total. The van der Waals surface area contributed by atoms with E-state index in [0.29, 0.717) is 0 Å². The molecule has 2 atom stereocenters. The van der Waals surface area contributed by atoms with Gasteiger partial charge in [-0.15, -0.1) is 0 Å². The molecule has 116 valence electrons. The standard InChI is InChI=1S/C19H35N/c1-3-4-15(5-6-20)7-14(2)19-11-16-8-17(12-19)10-18(9-16)13-19/h14-18H,3-13,20H2,1-2H3. The molecule has 4 fully saturated rings. The Labute approximate surface area is 126 Å². The van der Waals surface area contributed by atoms with Crippen LogP contribution < -0.4 is 5.73 Å². The minimum atomic E-state index is 0.745. The summed E-state index contributed by atoms with van der Waals surface area (Å²) in [4.78, 5) is 0. The molecule has 2 unspecified atom stereocenters. The molecule has 1 heteroatoms. The van der Waals surface area contributed by atoms with Crippen molar-refractivity contribution >= 4 is 0 Å². The fourth-order valence-corrected chi connectivity index (χ4v) is 6.56. The van der Waals surface area contributed by atoms with Gasteiger partial charge in [0, 0.05) is 0 Å². The van der Waals surface area contributed by atoms with Crippen molar-refractivity contribution in [1.29, 1.82) is 0 Å². The first-order chi connectivity index (χ1) is 9.65. The second-order valence-corrected chi connectivity index (χ2v) is 8.65. The highest BCUT2D eigenvalue weighted by Crippen LogP contribution is 2.63. The van der Waals surface area contributed by atoms with Crippen LogP contribution in [0.15, 0.2) is 0 Å². The summed E-state index contributed by atoms with van der Waals surface area (Å²) in [6.45, 7) is 5.81. The Morgan fingerprint density at radius 1 is 1.00 bits per heavy atom. The molecule has 4 bridgehead atoms. The lowest BCUT2D eigenvalue weighted by Gasteiger charge is -2.59. The summed E-state index contributed by atoms with van der Waals surface area (Å²) >= 11 is 0. The van der Waals surface area contributed by atoms with Gasteiger partial charge in [0.2, 0.25) is 0 Å². The van der Waals surface area contributed by atoms with Crippen molar-refractivity contribution in [1.82, 2.24) is 0 Å². The van der Waals surface area contributed by atoms with Gasteiger partial charge in [0.15, 0.2) is 0 Å². The molecule has 0 aromatic rings. The first kappa shape index (κ1) is 14.9. The molecule has 0 heterocycles. The maximum Gasteiger partial charge on any atom is -0.00746 e. The van der Waals surface area contributed by atoms with Gasteiger partial charge in [-0.25, -0.2) is 0 Å². The molecule has 4 saturated carbocycles. The van der Waals surface area contributed by atoms with Crippen molar-refractivity contribution in [3.8, 4) is 0 Å². The molecule has 20 heavy (non-hydrogen) atoms. The van der Waals surface area contributed by atoms with Crippen LogP contribution in [-0.4, -0.2) is 6.54 Å². The van der Waals surface area contributed by atoms with E-state index in [4.69, 9.17) is 5.73 Å². The van der Waals surface area contributed by atoms with E-state index in [1.807, 2.05) is 0 Å². The topological polar surface area (TPSA) is 26.0 Å². The lowest BCUT2D eigenvalue weighted by atomic mass is 9.46. The quantitative estimate of drug-likeness (QED) is 0.696. The van der Waals surface area contributed by atoms with Crippen LogP contribution in [0.4, 0.5) is 0 Å². The van der Waals surface area contributed by atoms with E-state index < -0.39 is 0 Å². The highest BCUT2D eigenvalue weighted by atomic mass is 14.6. The van der Waals surface area contributed by atoms with E-state index in [1.54, 1.807) is 38.5 Å². The molecule has 0 aromatic carbocycles. The van der Waals surface area contributed by atoms with Crippen LogP contribution in [0.3, 0.4) is 0 Å². The Kier molecular flexibility index (Phi) is 4.45. The maximum atomic E-state index is 5.84. The summed E-state index contributed by atoms with van der Waals surface area (Å²) in [5.41, 5.74) is 6.59. The predicted molar refractivity (Wildman–Crippen MR) is 86.5 cm³/mol. The van der Waals surface area contributed by atoms with E-state index in [9.17, 15) is 0 Å².